The quantitative estimate of drug-likeness (QED) is 0.219. The molecule has 0 aliphatic heterocycles. The summed E-state index contributed by atoms with van der Waals surface area (Å²) in [7, 11) is 1.51. The molecule has 0 aliphatic carbocycles. The molecule has 0 saturated carbocycles. The Labute approximate surface area is 203 Å². The topological polar surface area (TPSA) is 117 Å². The average Bonchev–Trinajstić information content (AvgIpc) is 2.81. The van der Waals surface area contributed by atoms with Gasteiger partial charge in [0.2, 0.25) is 0 Å². The molecule has 0 saturated heterocycles. The standard InChI is InChI=1S/C25H18INO6/c1-32-22-12-16(10-20(13-27)17-5-7-18(8-6-17)24(28)29)11-21(26)23(22)33-14-15-3-2-4-19(9-15)25(30)31/h2-12H,14H2,1H3,(H,28,29)(H,30,31)/b20-10-. The van der Waals surface area contributed by atoms with Gasteiger partial charge in [-0.1, -0.05) is 24.3 Å². The van der Waals surface area contributed by atoms with Crippen molar-refractivity contribution in [2.24, 2.45) is 0 Å². The zero-order valence-electron chi connectivity index (χ0n) is 17.4. The van der Waals surface area contributed by atoms with Gasteiger partial charge in [0, 0.05) is 0 Å². The first-order chi connectivity index (χ1) is 15.8. The van der Waals surface area contributed by atoms with Crippen LogP contribution in [0.15, 0.2) is 60.7 Å². The van der Waals surface area contributed by atoms with Gasteiger partial charge in [0.05, 0.1) is 33.4 Å². The Morgan fingerprint density at radius 1 is 1.00 bits per heavy atom. The van der Waals surface area contributed by atoms with Gasteiger partial charge in [0.1, 0.15) is 6.61 Å². The summed E-state index contributed by atoms with van der Waals surface area (Å²) in [5.74, 6) is -1.08. The lowest BCUT2D eigenvalue weighted by atomic mass is 10.0. The van der Waals surface area contributed by atoms with Crippen LogP contribution < -0.4 is 9.47 Å². The highest BCUT2D eigenvalue weighted by atomic mass is 127. The fraction of sp³-hybridized carbons (Fsp3) is 0.0800. The number of hydrogen-bond acceptors (Lipinski definition) is 5. The molecule has 0 atom stereocenters. The Morgan fingerprint density at radius 3 is 2.27 bits per heavy atom. The van der Waals surface area contributed by atoms with E-state index in [4.69, 9.17) is 19.7 Å². The smallest absolute Gasteiger partial charge is 0.335 e. The molecule has 0 aliphatic rings. The van der Waals surface area contributed by atoms with Crippen molar-refractivity contribution in [3.63, 3.8) is 0 Å². The third-order valence-corrected chi connectivity index (χ3v) is 5.48. The van der Waals surface area contributed by atoms with Crippen LogP contribution in [0.5, 0.6) is 11.5 Å². The maximum atomic E-state index is 11.2. The Balaban J connectivity index is 1.87. The first kappa shape index (κ1) is 23.8. The van der Waals surface area contributed by atoms with Crippen LogP contribution in [0.25, 0.3) is 11.6 Å². The number of benzene rings is 3. The minimum Gasteiger partial charge on any atom is -0.493 e. The molecule has 166 valence electrons. The van der Waals surface area contributed by atoms with Crippen molar-refractivity contribution in [2.45, 2.75) is 6.61 Å². The molecule has 8 heteroatoms. The van der Waals surface area contributed by atoms with Crippen LogP contribution >= 0.6 is 22.6 Å². The lowest BCUT2D eigenvalue weighted by Gasteiger charge is -2.14. The summed E-state index contributed by atoms with van der Waals surface area (Å²) >= 11 is 2.10. The van der Waals surface area contributed by atoms with E-state index >= 15 is 0 Å². The van der Waals surface area contributed by atoms with Crippen molar-refractivity contribution < 1.29 is 29.3 Å². The SMILES string of the molecule is COc1cc(/C=C(/C#N)c2ccc(C(=O)O)cc2)cc(I)c1OCc1cccc(C(=O)O)c1. The minimum absolute atomic E-state index is 0.141. The summed E-state index contributed by atoms with van der Waals surface area (Å²) in [5, 5.41) is 27.8. The van der Waals surface area contributed by atoms with Crippen LogP contribution in [-0.4, -0.2) is 29.3 Å². The number of carboxylic acids is 2. The summed E-state index contributed by atoms with van der Waals surface area (Å²) in [6.45, 7) is 0.155. The van der Waals surface area contributed by atoms with Crippen LogP contribution in [-0.2, 0) is 6.61 Å². The van der Waals surface area contributed by atoms with Crippen molar-refractivity contribution in [1.29, 1.82) is 5.26 Å². The lowest BCUT2D eigenvalue weighted by Crippen LogP contribution is -2.02. The number of nitrogens with zero attached hydrogens (tertiary/aromatic N) is 1. The number of aromatic carboxylic acids is 2. The third-order valence-electron chi connectivity index (χ3n) is 4.68. The minimum atomic E-state index is -1.03. The number of rotatable bonds is 8. The van der Waals surface area contributed by atoms with Crippen molar-refractivity contribution in [1.82, 2.24) is 0 Å². The van der Waals surface area contributed by atoms with E-state index in [0.29, 0.717) is 33.8 Å². The van der Waals surface area contributed by atoms with Gasteiger partial charge < -0.3 is 19.7 Å². The molecule has 0 unspecified atom stereocenters. The number of carboxylic acid groups (broad SMARTS) is 2. The zero-order chi connectivity index (χ0) is 24.0. The second kappa shape index (κ2) is 10.7. The number of carbonyl (C=O) groups is 2. The predicted molar refractivity (Wildman–Crippen MR) is 130 cm³/mol. The first-order valence-electron chi connectivity index (χ1n) is 9.60. The van der Waals surface area contributed by atoms with Crippen LogP contribution in [0.4, 0.5) is 0 Å². The van der Waals surface area contributed by atoms with E-state index in [-0.39, 0.29) is 17.7 Å². The molecule has 3 rings (SSSR count). The molecular weight excluding hydrogens is 537 g/mol. The molecule has 0 radical (unpaired) electrons. The highest BCUT2D eigenvalue weighted by Crippen LogP contribution is 2.35. The van der Waals surface area contributed by atoms with Gasteiger partial charge >= 0.3 is 11.9 Å². The van der Waals surface area contributed by atoms with E-state index in [1.807, 2.05) is 6.07 Å². The molecular formula is C25H18INO6. The van der Waals surface area contributed by atoms with E-state index in [9.17, 15) is 14.9 Å². The molecule has 0 aromatic heterocycles. The molecule has 2 N–H and O–H groups in total. The molecule has 33 heavy (non-hydrogen) atoms. The van der Waals surface area contributed by atoms with E-state index < -0.39 is 11.9 Å². The number of ether oxygens (including phenoxy) is 2. The van der Waals surface area contributed by atoms with E-state index in [1.165, 1.54) is 25.3 Å². The summed E-state index contributed by atoms with van der Waals surface area (Å²) in [6.07, 6.45) is 1.68. The van der Waals surface area contributed by atoms with E-state index in [2.05, 4.69) is 28.7 Å². The molecule has 0 fully saturated rings. The maximum Gasteiger partial charge on any atom is 0.335 e. The normalized spacial score (nSPS) is 10.9. The number of hydrogen-bond donors (Lipinski definition) is 2. The fourth-order valence-electron chi connectivity index (χ4n) is 3.05. The number of methoxy groups -OCH3 is 1. The van der Waals surface area contributed by atoms with Gasteiger partial charge in [-0.15, -0.1) is 0 Å². The summed E-state index contributed by atoms with van der Waals surface area (Å²) in [4.78, 5) is 22.2. The number of nitriles is 1. The van der Waals surface area contributed by atoms with Gasteiger partial charge in [0.25, 0.3) is 0 Å². The van der Waals surface area contributed by atoms with Crippen LogP contribution in [0.3, 0.4) is 0 Å². The Hall–Kier alpha value is -3.84. The van der Waals surface area contributed by atoms with Gasteiger partial charge in [-0.2, -0.15) is 5.26 Å². The average molecular weight is 555 g/mol. The molecule has 7 nitrogen and oxygen atoms in total. The Kier molecular flexibility index (Phi) is 7.69. The molecule has 0 bridgehead atoms. The van der Waals surface area contributed by atoms with Crippen molar-refractivity contribution in [2.75, 3.05) is 7.11 Å². The van der Waals surface area contributed by atoms with Crippen LogP contribution in [0.1, 0.15) is 37.4 Å². The van der Waals surface area contributed by atoms with Gasteiger partial charge in [0.15, 0.2) is 11.5 Å². The molecule has 0 amide bonds. The monoisotopic (exact) mass is 555 g/mol. The number of halogens is 1. The van der Waals surface area contributed by atoms with Gasteiger partial charge in [-0.3, -0.25) is 0 Å². The zero-order valence-corrected chi connectivity index (χ0v) is 19.6. The van der Waals surface area contributed by atoms with Crippen LogP contribution in [0.2, 0.25) is 0 Å². The van der Waals surface area contributed by atoms with Gasteiger partial charge in [-0.05, 0) is 81.8 Å². The fourth-order valence-corrected chi connectivity index (χ4v) is 3.83. The second-order valence-corrected chi connectivity index (χ2v) is 8.04. The largest absolute Gasteiger partial charge is 0.493 e. The third kappa shape index (κ3) is 5.90. The maximum absolute atomic E-state index is 11.2. The van der Waals surface area contributed by atoms with Crippen molar-refractivity contribution >= 4 is 46.2 Å². The van der Waals surface area contributed by atoms with E-state index in [1.54, 1.807) is 42.5 Å². The lowest BCUT2D eigenvalue weighted by molar-refractivity contribution is 0.0686. The highest BCUT2D eigenvalue weighted by molar-refractivity contribution is 14.1. The van der Waals surface area contributed by atoms with Gasteiger partial charge in [-0.25, -0.2) is 9.59 Å². The second-order valence-electron chi connectivity index (χ2n) is 6.88. The molecule has 0 spiro atoms. The van der Waals surface area contributed by atoms with E-state index in [0.717, 1.165) is 3.57 Å². The summed E-state index contributed by atoms with van der Waals surface area (Å²) in [5.41, 5.74) is 2.68. The summed E-state index contributed by atoms with van der Waals surface area (Å²) in [6, 6.07) is 18.3. The highest BCUT2D eigenvalue weighted by Gasteiger charge is 2.13. The predicted octanol–water partition coefficient (Wildman–Crippen LogP) is 5.34. The van der Waals surface area contributed by atoms with Crippen LogP contribution in [0, 0.1) is 14.9 Å². The molecule has 0 heterocycles. The molecule has 3 aromatic carbocycles. The van der Waals surface area contributed by atoms with Crippen molar-refractivity contribution in [3.8, 4) is 17.6 Å². The Morgan fingerprint density at radius 2 is 1.67 bits per heavy atom. The van der Waals surface area contributed by atoms with Crippen molar-refractivity contribution in [3.05, 3.63) is 92.1 Å². The Bertz CT molecular complexity index is 1280. The summed E-state index contributed by atoms with van der Waals surface area (Å²) < 4.78 is 12.1. The molecule has 3 aromatic rings. The first-order valence-corrected chi connectivity index (χ1v) is 10.7. The number of allylic oxidation sites excluding steroid dienone is 1.